The molecule has 1 unspecified atom stereocenters. The Balaban J connectivity index is 1.46. The molecule has 5 rings (SSSR count). The number of halogens is 2. The zero-order chi connectivity index (χ0) is 22.2. The van der Waals surface area contributed by atoms with Crippen LogP contribution in [0.1, 0.15) is 24.4 Å². The summed E-state index contributed by atoms with van der Waals surface area (Å²) < 4.78 is 25.2. The molecule has 1 aliphatic carbocycles. The molecule has 2 fully saturated rings. The molecular formula is C23H21ClFN3O4. The van der Waals surface area contributed by atoms with E-state index < -0.39 is 17.4 Å². The van der Waals surface area contributed by atoms with Crippen molar-refractivity contribution in [2.24, 2.45) is 0 Å². The van der Waals surface area contributed by atoms with Gasteiger partial charge in [0.05, 0.1) is 21.6 Å². The first-order valence-corrected chi connectivity index (χ1v) is 10.8. The van der Waals surface area contributed by atoms with Crippen LogP contribution < -0.4 is 20.4 Å². The van der Waals surface area contributed by atoms with Crippen molar-refractivity contribution in [2.45, 2.75) is 25.0 Å². The molecule has 7 nitrogen and oxygen atoms in total. The highest BCUT2D eigenvalue weighted by atomic mass is 35.5. The molecule has 2 aromatic carbocycles. The third-order valence-electron chi connectivity index (χ3n) is 5.68. The third kappa shape index (κ3) is 4.03. The smallest absolute Gasteiger partial charge is 0.431 e. The number of benzene rings is 2. The standard InChI is InChI=1S/C23H21ClFN3O4/c24-19-20-15(22(29)18(11-27-20)32-23(30)31-14-6-7-14)10-16(25)21(19)28-9-8-26-17(12-28)13-4-2-1-3-5-13/h1-5,10-11,14,17,26H,6-9,12H2,(H,27,29). The Bertz CT molecular complexity index is 1230. The van der Waals surface area contributed by atoms with E-state index in [-0.39, 0.29) is 39.5 Å². The minimum absolute atomic E-state index is 0.00251. The molecule has 3 aromatic rings. The largest absolute Gasteiger partial charge is 0.514 e. The highest BCUT2D eigenvalue weighted by molar-refractivity contribution is 6.37. The van der Waals surface area contributed by atoms with Crippen LogP contribution in [0, 0.1) is 5.82 Å². The van der Waals surface area contributed by atoms with Crippen LogP contribution in [-0.4, -0.2) is 36.9 Å². The molecule has 0 amide bonds. The second-order valence-corrected chi connectivity index (χ2v) is 8.34. The molecule has 0 bridgehead atoms. The number of fused-ring (bicyclic) bond motifs is 1. The van der Waals surface area contributed by atoms with Crippen molar-refractivity contribution in [3.63, 3.8) is 0 Å². The highest BCUT2D eigenvalue weighted by Crippen LogP contribution is 2.36. The molecule has 166 valence electrons. The first kappa shape index (κ1) is 20.8. The lowest BCUT2D eigenvalue weighted by Crippen LogP contribution is -2.46. The van der Waals surface area contributed by atoms with E-state index in [0.717, 1.165) is 24.5 Å². The van der Waals surface area contributed by atoms with Gasteiger partial charge < -0.3 is 24.7 Å². The lowest BCUT2D eigenvalue weighted by Gasteiger charge is -2.36. The van der Waals surface area contributed by atoms with E-state index in [2.05, 4.69) is 10.3 Å². The van der Waals surface area contributed by atoms with Crippen LogP contribution >= 0.6 is 11.6 Å². The Hall–Kier alpha value is -3.10. The van der Waals surface area contributed by atoms with E-state index in [1.54, 1.807) is 0 Å². The molecule has 32 heavy (non-hydrogen) atoms. The van der Waals surface area contributed by atoms with Crippen LogP contribution in [0.4, 0.5) is 14.9 Å². The van der Waals surface area contributed by atoms with Crippen LogP contribution in [0.3, 0.4) is 0 Å². The summed E-state index contributed by atoms with van der Waals surface area (Å²) in [4.78, 5) is 29.3. The Labute approximate surface area is 188 Å². The lowest BCUT2D eigenvalue weighted by atomic mass is 10.0. The van der Waals surface area contributed by atoms with Gasteiger partial charge in [-0.1, -0.05) is 41.9 Å². The summed E-state index contributed by atoms with van der Waals surface area (Å²) >= 11 is 6.58. The summed E-state index contributed by atoms with van der Waals surface area (Å²) in [5, 5.41) is 3.55. The maximum absolute atomic E-state index is 15.2. The fourth-order valence-corrected chi connectivity index (χ4v) is 4.29. The molecule has 1 aliphatic heterocycles. The van der Waals surface area contributed by atoms with Gasteiger partial charge >= 0.3 is 6.16 Å². The fraction of sp³-hybridized carbons (Fsp3) is 0.304. The summed E-state index contributed by atoms with van der Waals surface area (Å²) in [5.41, 5.74) is 0.981. The molecule has 1 atom stereocenters. The maximum atomic E-state index is 15.2. The molecule has 2 heterocycles. The first-order valence-electron chi connectivity index (χ1n) is 10.5. The third-order valence-corrected chi connectivity index (χ3v) is 6.05. The number of hydrogen-bond donors (Lipinski definition) is 2. The van der Waals surface area contributed by atoms with Crippen molar-refractivity contribution in [2.75, 3.05) is 24.5 Å². The molecular weight excluding hydrogens is 437 g/mol. The lowest BCUT2D eigenvalue weighted by molar-refractivity contribution is 0.0921. The van der Waals surface area contributed by atoms with E-state index in [4.69, 9.17) is 21.1 Å². The SMILES string of the molecule is O=C(Oc1c[nH]c2c(Cl)c(N3CCNC(c4ccccc4)C3)c(F)cc2c1=O)OC1CC1. The number of ether oxygens (including phenoxy) is 2. The predicted octanol–water partition coefficient (Wildman–Crippen LogP) is 4.15. The first-order chi connectivity index (χ1) is 15.5. The van der Waals surface area contributed by atoms with Gasteiger partial charge in [-0.3, -0.25) is 4.79 Å². The van der Waals surface area contributed by atoms with Crippen molar-refractivity contribution < 1.29 is 18.7 Å². The zero-order valence-electron chi connectivity index (χ0n) is 17.1. The van der Waals surface area contributed by atoms with Gasteiger partial charge in [0.1, 0.15) is 11.9 Å². The van der Waals surface area contributed by atoms with E-state index in [1.165, 1.54) is 6.20 Å². The van der Waals surface area contributed by atoms with Crippen LogP contribution in [0.25, 0.3) is 10.9 Å². The van der Waals surface area contributed by atoms with Gasteiger partial charge in [-0.15, -0.1) is 0 Å². The van der Waals surface area contributed by atoms with Crippen molar-refractivity contribution in [1.29, 1.82) is 0 Å². The maximum Gasteiger partial charge on any atom is 0.514 e. The van der Waals surface area contributed by atoms with Crippen molar-refractivity contribution in [3.05, 3.63) is 69.2 Å². The molecule has 0 spiro atoms. The summed E-state index contributed by atoms with van der Waals surface area (Å²) in [6.45, 7) is 1.73. The molecule has 0 radical (unpaired) electrons. The Morgan fingerprint density at radius 1 is 1.22 bits per heavy atom. The number of carbonyl (C=O) groups is 1. The van der Waals surface area contributed by atoms with Gasteiger partial charge in [0, 0.05) is 31.9 Å². The van der Waals surface area contributed by atoms with E-state index in [1.807, 2.05) is 35.2 Å². The number of piperazine rings is 1. The van der Waals surface area contributed by atoms with Crippen LogP contribution in [0.5, 0.6) is 5.75 Å². The average Bonchev–Trinajstić information content (AvgIpc) is 3.61. The average molecular weight is 458 g/mol. The number of anilines is 1. The molecule has 2 N–H and O–H groups in total. The van der Waals surface area contributed by atoms with Crippen molar-refractivity contribution >= 4 is 34.3 Å². The van der Waals surface area contributed by atoms with Crippen LogP contribution in [0.15, 0.2) is 47.4 Å². The normalized spacial score (nSPS) is 18.6. The number of nitrogens with zero attached hydrogens (tertiary/aromatic N) is 1. The van der Waals surface area contributed by atoms with Gasteiger partial charge in [-0.25, -0.2) is 9.18 Å². The molecule has 1 saturated carbocycles. The molecule has 1 aromatic heterocycles. The topological polar surface area (TPSA) is 83.7 Å². The van der Waals surface area contributed by atoms with Crippen LogP contribution in [-0.2, 0) is 4.74 Å². The fourth-order valence-electron chi connectivity index (χ4n) is 3.93. The van der Waals surface area contributed by atoms with Crippen LogP contribution in [0.2, 0.25) is 5.02 Å². The second-order valence-electron chi connectivity index (χ2n) is 7.96. The van der Waals surface area contributed by atoms with Gasteiger partial charge in [-0.2, -0.15) is 0 Å². The summed E-state index contributed by atoms with van der Waals surface area (Å²) in [7, 11) is 0. The number of hydrogen-bond acceptors (Lipinski definition) is 6. The second kappa shape index (κ2) is 8.44. The van der Waals surface area contributed by atoms with Gasteiger partial charge in [0.15, 0.2) is 5.75 Å². The minimum atomic E-state index is -0.951. The number of rotatable bonds is 4. The number of carbonyl (C=O) groups excluding carboxylic acids is 1. The number of pyridine rings is 1. The summed E-state index contributed by atoms with van der Waals surface area (Å²) in [6.07, 6.45) is 1.70. The zero-order valence-corrected chi connectivity index (χ0v) is 17.8. The Morgan fingerprint density at radius 2 is 2.00 bits per heavy atom. The quantitative estimate of drug-likeness (QED) is 0.573. The number of nitrogens with one attached hydrogen (secondary N) is 2. The van der Waals surface area contributed by atoms with Crippen molar-refractivity contribution in [1.82, 2.24) is 10.3 Å². The Kier molecular flexibility index (Phi) is 5.48. The van der Waals surface area contributed by atoms with E-state index in [0.29, 0.717) is 19.6 Å². The highest BCUT2D eigenvalue weighted by Gasteiger charge is 2.29. The van der Waals surface area contributed by atoms with Gasteiger partial charge in [0.2, 0.25) is 5.43 Å². The number of aromatic amines is 1. The monoisotopic (exact) mass is 457 g/mol. The minimum Gasteiger partial charge on any atom is -0.431 e. The molecule has 1 saturated heterocycles. The van der Waals surface area contributed by atoms with Gasteiger partial charge in [0.25, 0.3) is 0 Å². The summed E-state index contributed by atoms with van der Waals surface area (Å²) in [5.74, 6) is -0.878. The Morgan fingerprint density at radius 3 is 2.75 bits per heavy atom. The molecule has 2 aliphatic rings. The molecule has 9 heteroatoms. The summed E-state index contributed by atoms with van der Waals surface area (Å²) in [6, 6.07) is 11.1. The number of H-pyrrole nitrogens is 1. The van der Waals surface area contributed by atoms with Crippen molar-refractivity contribution in [3.8, 4) is 5.75 Å². The predicted molar refractivity (Wildman–Crippen MR) is 119 cm³/mol. The number of aromatic nitrogens is 1. The van der Waals surface area contributed by atoms with E-state index in [9.17, 15) is 9.59 Å². The van der Waals surface area contributed by atoms with Gasteiger partial charge in [-0.05, 0) is 24.5 Å². The van der Waals surface area contributed by atoms with E-state index >= 15 is 4.39 Å².